The van der Waals surface area contributed by atoms with Crippen molar-refractivity contribution in [1.29, 1.82) is 0 Å². The Morgan fingerprint density at radius 3 is 1.87 bits per heavy atom. The van der Waals surface area contributed by atoms with Crippen LogP contribution in [0.5, 0.6) is 0 Å². The van der Waals surface area contributed by atoms with Crippen LogP contribution in [0.15, 0.2) is 42.6 Å². The molecule has 3 rings (SSSR count). The first-order valence-electron chi connectivity index (χ1n) is 23.6. The van der Waals surface area contributed by atoms with E-state index in [9.17, 15) is 58.2 Å². The first-order valence-corrected chi connectivity index (χ1v) is 23.6. The molecule has 2 aromatic rings. The van der Waals surface area contributed by atoms with Gasteiger partial charge < -0.3 is 56.7 Å². The van der Waals surface area contributed by atoms with Crippen molar-refractivity contribution in [2.45, 2.75) is 160 Å². The Balaban J connectivity index is 1.82. The molecule has 0 saturated carbocycles. The molecule has 0 aliphatic carbocycles. The molecule has 7 amide bonds. The highest BCUT2D eigenvalue weighted by molar-refractivity contribution is 5.98. The molecular formula is C48H70N8O13. The van der Waals surface area contributed by atoms with Crippen LogP contribution in [0.3, 0.4) is 0 Å². The summed E-state index contributed by atoms with van der Waals surface area (Å²) in [6.45, 7) is 8.75. The maximum atomic E-state index is 14.4. The number of aliphatic carboxylic acids is 2. The van der Waals surface area contributed by atoms with E-state index in [0.717, 1.165) is 23.9 Å². The Morgan fingerprint density at radius 2 is 1.33 bits per heavy atom. The molecule has 9 N–H and O–H groups in total. The van der Waals surface area contributed by atoms with Crippen LogP contribution in [0.1, 0.15) is 117 Å². The van der Waals surface area contributed by atoms with Crippen LogP contribution in [-0.4, -0.2) is 135 Å². The number of methoxy groups -OCH3 is 1. The summed E-state index contributed by atoms with van der Waals surface area (Å²) in [5, 5.41) is 35.9. The number of nitrogens with zero attached hydrogens (tertiary/aromatic N) is 1. The van der Waals surface area contributed by atoms with Crippen molar-refractivity contribution in [2.24, 2.45) is 5.92 Å². The quantitative estimate of drug-likeness (QED) is 0.0418. The van der Waals surface area contributed by atoms with Crippen molar-refractivity contribution in [2.75, 3.05) is 13.7 Å². The second-order valence-electron chi connectivity index (χ2n) is 17.7. The number of H-pyrrole nitrogens is 1. The number of aromatic amines is 1. The van der Waals surface area contributed by atoms with Gasteiger partial charge in [0.2, 0.25) is 41.4 Å². The van der Waals surface area contributed by atoms with Crippen LogP contribution in [0.2, 0.25) is 0 Å². The molecule has 21 nitrogen and oxygen atoms in total. The van der Waals surface area contributed by atoms with Gasteiger partial charge >= 0.3 is 17.9 Å². The lowest BCUT2D eigenvalue weighted by molar-refractivity contribution is -0.145. The van der Waals surface area contributed by atoms with Crippen molar-refractivity contribution >= 4 is 70.2 Å². The minimum Gasteiger partial charge on any atom is -0.481 e. The summed E-state index contributed by atoms with van der Waals surface area (Å²) < 4.78 is 4.60. The number of carbonyl (C=O) groups excluding carboxylic acids is 8. The van der Waals surface area contributed by atoms with Crippen molar-refractivity contribution in [3.05, 3.63) is 48.2 Å². The van der Waals surface area contributed by atoms with Crippen molar-refractivity contribution < 1.29 is 62.9 Å². The fraction of sp³-hybridized carbons (Fsp3) is 0.583. The van der Waals surface area contributed by atoms with Gasteiger partial charge in [-0.3, -0.25) is 38.4 Å². The third-order valence-electron chi connectivity index (χ3n) is 11.6. The van der Waals surface area contributed by atoms with Crippen molar-refractivity contribution in [3.8, 4) is 0 Å². The summed E-state index contributed by atoms with van der Waals surface area (Å²) in [5.41, 5.74) is 1.51. The molecule has 1 fully saturated rings. The summed E-state index contributed by atoms with van der Waals surface area (Å²) >= 11 is 0. The molecular weight excluding hydrogens is 897 g/mol. The number of amides is 7. The second-order valence-corrected chi connectivity index (χ2v) is 17.7. The number of carboxylic acids is 2. The van der Waals surface area contributed by atoms with Crippen LogP contribution in [-0.2, 0) is 59.1 Å². The lowest BCUT2D eigenvalue weighted by atomic mass is 10.0. The molecule has 69 heavy (non-hydrogen) atoms. The number of likely N-dealkylation sites (tertiary alicyclic amines) is 1. The number of unbranched alkanes of at least 4 members (excludes halogenated alkanes) is 2. The highest BCUT2D eigenvalue weighted by atomic mass is 16.5. The Hall–Kier alpha value is -6.80. The van der Waals surface area contributed by atoms with E-state index in [4.69, 9.17) is 0 Å². The number of aromatic nitrogens is 1. The van der Waals surface area contributed by atoms with Gasteiger partial charge in [0.05, 0.1) is 13.5 Å². The van der Waals surface area contributed by atoms with E-state index in [-0.39, 0.29) is 57.4 Å². The van der Waals surface area contributed by atoms with Gasteiger partial charge in [-0.05, 0) is 62.5 Å². The van der Waals surface area contributed by atoms with E-state index in [1.807, 2.05) is 52.0 Å². The smallest absolute Gasteiger partial charge is 0.330 e. The minimum absolute atomic E-state index is 0.00613. The average Bonchev–Trinajstić information content (AvgIpc) is 3.96. The molecule has 0 radical (unpaired) electrons. The topological polar surface area (TPSA) is 312 Å². The third kappa shape index (κ3) is 18.3. The second kappa shape index (κ2) is 28.5. The minimum atomic E-state index is -1.54. The summed E-state index contributed by atoms with van der Waals surface area (Å²) in [7, 11) is 1.18. The van der Waals surface area contributed by atoms with Crippen LogP contribution in [0.4, 0.5) is 0 Å². The maximum absolute atomic E-state index is 14.4. The molecule has 1 aromatic carbocycles. The molecule has 1 aliphatic rings. The molecule has 7 atom stereocenters. The van der Waals surface area contributed by atoms with Gasteiger partial charge in [0.1, 0.15) is 42.3 Å². The zero-order valence-corrected chi connectivity index (χ0v) is 40.4. The number of hydrogen-bond acceptors (Lipinski definition) is 11. The third-order valence-corrected chi connectivity index (χ3v) is 11.6. The number of para-hydroxylation sites is 1. The Labute approximate surface area is 402 Å². The predicted molar refractivity (Wildman–Crippen MR) is 253 cm³/mol. The van der Waals surface area contributed by atoms with Gasteiger partial charge in [-0.1, -0.05) is 77.7 Å². The van der Waals surface area contributed by atoms with Crippen molar-refractivity contribution in [1.82, 2.24) is 41.8 Å². The summed E-state index contributed by atoms with van der Waals surface area (Å²) in [6.07, 6.45) is 6.72. The highest BCUT2D eigenvalue weighted by Gasteiger charge is 2.40. The van der Waals surface area contributed by atoms with Crippen molar-refractivity contribution in [3.63, 3.8) is 0 Å². The number of ether oxygens (including phenoxy) is 1. The number of carbonyl (C=O) groups is 10. The summed E-state index contributed by atoms with van der Waals surface area (Å²) in [6, 6.07) is -1.36. The van der Waals surface area contributed by atoms with E-state index >= 15 is 0 Å². The number of benzene rings is 1. The number of nitrogens with one attached hydrogen (secondary N) is 7. The number of fused-ring (bicyclic) bond motifs is 1. The standard InChI is InChI=1S/C48H70N8O13/c1-7-9-17-33(51-43(62)35(20-13-14-22-41(60)69-6)53-45(64)36(26-40(58)59)50-29(5)57)42(61)52-34(18-10-8-2)44(63)54-37(24-28(3)4)47(66)56-23-15-21-39(56)46(65)55-38(48(67)68)25-30-27-49-32-19-12-11-16-31(30)32/h11-12,14,16,19,22,27-28,33-39,49H,7-10,13,15,17-18,20-21,23-26H2,1-6H3,(H,50,57)(H,51,62)(H,52,61)(H,53,64)(H,54,63)(H,55,65)(H,58,59)(H,67,68)/b22-14+/t33-,34-,35-,36+,37-,38-,39-/m0/s1. The first-order chi connectivity index (χ1) is 32.8. The molecule has 1 aliphatic heterocycles. The van der Waals surface area contributed by atoms with Crippen LogP contribution in [0.25, 0.3) is 10.9 Å². The van der Waals surface area contributed by atoms with Gasteiger partial charge in [0.15, 0.2) is 0 Å². The molecule has 380 valence electrons. The van der Waals surface area contributed by atoms with Crippen LogP contribution in [0, 0.1) is 5.92 Å². The highest BCUT2D eigenvalue weighted by Crippen LogP contribution is 2.23. The number of allylic oxidation sites excluding steroid dienone is 1. The van der Waals surface area contributed by atoms with E-state index in [1.54, 1.807) is 6.20 Å². The largest absolute Gasteiger partial charge is 0.481 e. The Morgan fingerprint density at radius 1 is 0.768 bits per heavy atom. The molecule has 2 heterocycles. The van der Waals surface area contributed by atoms with E-state index in [0.29, 0.717) is 37.7 Å². The van der Waals surface area contributed by atoms with Gasteiger partial charge in [-0.15, -0.1) is 0 Å². The molecule has 1 aromatic heterocycles. The zero-order valence-electron chi connectivity index (χ0n) is 40.4. The summed E-state index contributed by atoms with van der Waals surface area (Å²) in [5.74, 6) is -8.50. The molecule has 21 heteroatoms. The number of esters is 1. The Kier molecular flexibility index (Phi) is 23.4. The van der Waals surface area contributed by atoms with Crippen LogP contribution < -0.4 is 31.9 Å². The van der Waals surface area contributed by atoms with Gasteiger partial charge in [-0.2, -0.15) is 0 Å². The first kappa shape index (κ1) is 56.5. The fourth-order valence-corrected chi connectivity index (χ4v) is 8.04. The van der Waals surface area contributed by atoms with E-state index in [2.05, 4.69) is 41.6 Å². The molecule has 0 bridgehead atoms. The van der Waals surface area contributed by atoms with Gasteiger partial charge in [-0.25, -0.2) is 9.59 Å². The lowest BCUT2D eigenvalue weighted by Crippen LogP contribution is -2.60. The van der Waals surface area contributed by atoms with Crippen LogP contribution >= 0.6 is 0 Å². The zero-order chi connectivity index (χ0) is 51.2. The molecule has 0 spiro atoms. The number of hydrogen-bond donors (Lipinski definition) is 9. The maximum Gasteiger partial charge on any atom is 0.330 e. The number of rotatable bonds is 29. The van der Waals surface area contributed by atoms with Gasteiger partial charge in [0, 0.05) is 43.1 Å². The average molecular weight is 967 g/mol. The predicted octanol–water partition coefficient (Wildman–Crippen LogP) is 2.13. The summed E-state index contributed by atoms with van der Waals surface area (Å²) in [4.78, 5) is 136. The SMILES string of the molecule is CCCC[C@H](NC(=O)[C@H](CC/C=C/C(=O)OC)NC(=O)[C@@H](CC(=O)O)NC(C)=O)C(=O)N[C@@H](CCCC)C(=O)N[C@@H](CC(C)C)C(=O)N1CCC[C@H]1C(=O)N[C@@H](Cc1c[nH]c2ccccc12)C(=O)O. The monoisotopic (exact) mass is 967 g/mol. The Bertz CT molecular complexity index is 2140. The molecule has 0 unspecified atom stereocenters. The molecule has 1 saturated heterocycles. The number of carboxylic acid groups (broad SMARTS) is 2. The normalized spacial score (nSPS) is 16.1. The van der Waals surface area contributed by atoms with E-state index in [1.165, 1.54) is 18.1 Å². The fourth-order valence-electron chi connectivity index (χ4n) is 8.04. The van der Waals surface area contributed by atoms with Gasteiger partial charge in [0.25, 0.3) is 0 Å². The lowest BCUT2D eigenvalue weighted by Gasteiger charge is -2.31. The van der Waals surface area contributed by atoms with E-state index < -0.39 is 108 Å².